The Labute approximate surface area is 242 Å². The molecule has 1 atom stereocenters. The van der Waals surface area contributed by atoms with Gasteiger partial charge in [-0.3, -0.25) is 10.1 Å². The van der Waals surface area contributed by atoms with Crippen molar-refractivity contribution in [2.45, 2.75) is 44.7 Å². The number of urea groups is 1. The summed E-state index contributed by atoms with van der Waals surface area (Å²) in [7, 11) is 0. The molecular weight excluding hydrogens is 541 g/mol. The van der Waals surface area contributed by atoms with Crippen LogP contribution in [0.25, 0.3) is 0 Å². The number of hydrogen-bond donors (Lipinski definition) is 2. The molecule has 0 saturated carbocycles. The van der Waals surface area contributed by atoms with Gasteiger partial charge in [0.1, 0.15) is 5.69 Å². The lowest BCUT2D eigenvalue weighted by atomic mass is 10.1. The number of rotatable bonds is 7. The molecule has 2 saturated heterocycles. The molecule has 6 rings (SSSR count). The van der Waals surface area contributed by atoms with Gasteiger partial charge in [0.05, 0.1) is 11.7 Å². The van der Waals surface area contributed by atoms with Crippen molar-refractivity contribution in [1.82, 2.24) is 19.4 Å². The number of carbonyl (C=O) groups excluding carboxylic acids is 2. The molecule has 41 heavy (non-hydrogen) atoms. The second kappa shape index (κ2) is 12.1. The van der Waals surface area contributed by atoms with Gasteiger partial charge >= 0.3 is 6.03 Å². The highest BCUT2D eigenvalue weighted by Gasteiger charge is 2.29. The summed E-state index contributed by atoms with van der Waals surface area (Å²) < 4.78 is 15.3. The van der Waals surface area contributed by atoms with Gasteiger partial charge in [-0.1, -0.05) is 0 Å². The Morgan fingerprint density at radius 3 is 2.63 bits per heavy atom. The minimum Gasteiger partial charge on any atom is -0.363 e. The number of benzene rings is 1. The van der Waals surface area contributed by atoms with Crippen molar-refractivity contribution >= 4 is 39.8 Å². The first-order valence-electron chi connectivity index (χ1n) is 14.0. The fraction of sp³-hybridized carbons (Fsp3) is 0.333. The van der Waals surface area contributed by atoms with Crippen LogP contribution in [0.5, 0.6) is 0 Å². The maximum atomic E-state index is 13.5. The molecule has 2 aliphatic heterocycles. The lowest BCUT2D eigenvalue weighted by Gasteiger charge is -2.27. The van der Waals surface area contributed by atoms with Crippen LogP contribution in [-0.2, 0) is 6.54 Å². The van der Waals surface area contributed by atoms with E-state index in [0.29, 0.717) is 17.4 Å². The van der Waals surface area contributed by atoms with E-state index in [4.69, 9.17) is 4.98 Å². The highest BCUT2D eigenvalue weighted by molar-refractivity contribution is 7.14. The predicted octanol–water partition coefficient (Wildman–Crippen LogP) is 6.14. The smallest absolute Gasteiger partial charge is 0.321 e. The van der Waals surface area contributed by atoms with Crippen molar-refractivity contribution < 1.29 is 14.0 Å². The van der Waals surface area contributed by atoms with Gasteiger partial charge in [-0.05, 0) is 86.2 Å². The first kappa shape index (κ1) is 26.9. The minimum atomic E-state index is -0.549. The Kier molecular flexibility index (Phi) is 7.95. The second-order valence-corrected chi connectivity index (χ2v) is 11.3. The molecule has 1 unspecified atom stereocenters. The summed E-state index contributed by atoms with van der Waals surface area (Å²) in [5.41, 5.74) is 3.98. The molecule has 0 aliphatic carbocycles. The molecule has 3 amide bonds. The number of hydrogen-bond acceptors (Lipinski definition) is 6. The van der Waals surface area contributed by atoms with Crippen LogP contribution in [-0.4, -0.2) is 51.0 Å². The van der Waals surface area contributed by atoms with Crippen molar-refractivity contribution in [2.24, 2.45) is 0 Å². The van der Waals surface area contributed by atoms with Crippen LogP contribution in [0.1, 0.15) is 59.9 Å². The zero-order valence-corrected chi connectivity index (χ0v) is 23.4. The van der Waals surface area contributed by atoms with E-state index >= 15 is 0 Å². The Morgan fingerprint density at radius 1 is 1.00 bits per heavy atom. The Balaban J connectivity index is 1.09. The fourth-order valence-electron chi connectivity index (χ4n) is 5.57. The molecule has 2 N–H and O–H groups in total. The topological polar surface area (TPSA) is 95.4 Å². The van der Waals surface area contributed by atoms with Gasteiger partial charge in [0.2, 0.25) is 5.95 Å². The first-order valence-corrected chi connectivity index (χ1v) is 14.9. The third-order valence-electron chi connectivity index (χ3n) is 7.64. The molecular formula is C30H32FN7O2S. The Bertz CT molecular complexity index is 1510. The summed E-state index contributed by atoms with van der Waals surface area (Å²) >= 11 is 1.40. The summed E-state index contributed by atoms with van der Waals surface area (Å²) in [5, 5.41) is 8.50. The van der Waals surface area contributed by atoms with Gasteiger partial charge in [-0.15, -0.1) is 11.3 Å². The van der Waals surface area contributed by atoms with E-state index in [1.54, 1.807) is 29.0 Å². The second-order valence-electron chi connectivity index (χ2n) is 10.4. The molecule has 2 fully saturated rings. The number of pyridine rings is 1. The Hall–Kier alpha value is -4.25. The number of anilines is 3. The molecule has 4 aromatic rings. The summed E-state index contributed by atoms with van der Waals surface area (Å²) in [4.78, 5) is 38.2. The standard InChI is InChI=1S/C30H32FN7O2S/c31-27-18-21(12-13-32-27)19-37-16-4-7-26(37)28(39)35-29-34-24(20-41-29)25-6-5-17-38(25)23-10-8-22(9-11-23)33-30(40)36-14-2-1-3-15-36/h4,7-13,16,18,20,25H,1-3,5-6,14-15,17,19H2,(H,33,40)(H,34,35,39). The zero-order valence-electron chi connectivity index (χ0n) is 22.6. The molecule has 0 spiro atoms. The maximum Gasteiger partial charge on any atom is 0.321 e. The van der Waals surface area contributed by atoms with Gasteiger partial charge in [-0.25, -0.2) is 14.8 Å². The largest absolute Gasteiger partial charge is 0.363 e. The number of aromatic nitrogens is 3. The van der Waals surface area contributed by atoms with Crippen molar-refractivity contribution in [3.63, 3.8) is 0 Å². The van der Waals surface area contributed by atoms with E-state index in [2.05, 4.69) is 20.5 Å². The van der Waals surface area contributed by atoms with Crippen molar-refractivity contribution in [2.75, 3.05) is 35.2 Å². The van der Waals surface area contributed by atoms with Gasteiger partial charge in [-0.2, -0.15) is 4.39 Å². The monoisotopic (exact) mass is 573 g/mol. The molecule has 212 valence electrons. The summed E-state index contributed by atoms with van der Waals surface area (Å²) in [5.74, 6) is -0.816. The van der Waals surface area contributed by atoms with Crippen LogP contribution >= 0.6 is 11.3 Å². The summed E-state index contributed by atoms with van der Waals surface area (Å²) in [6, 6.07) is 14.7. The van der Waals surface area contributed by atoms with Crippen molar-refractivity contribution in [1.29, 1.82) is 0 Å². The number of amides is 3. The number of likely N-dealkylation sites (tertiary alicyclic amines) is 1. The summed E-state index contributed by atoms with van der Waals surface area (Å²) in [6.07, 6.45) is 8.53. The van der Waals surface area contributed by atoms with Crippen LogP contribution < -0.4 is 15.5 Å². The third-order valence-corrected chi connectivity index (χ3v) is 8.41. The van der Waals surface area contributed by atoms with Crippen molar-refractivity contribution in [3.8, 4) is 0 Å². The van der Waals surface area contributed by atoms with Crippen LogP contribution in [0.2, 0.25) is 0 Å². The molecule has 9 nitrogen and oxygen atoms in total. The van der Waals surface area contributed by atoms with Gasteiger partial charge in [0.15, 0.2) is 5.13 Å². The van der Waals surface area contributed by atoms with E-state index in [-0.39, 0.29) is 18.0 Å². The highest BCUT2D eigenvalue weighted by Crippen LogP contribution is 2.37. The van der Waals surface area contributed by atoms with E-state index < -0.39 is 5.95 Å². The molecule has 1 aromatic carbocycles. The van der Waals surface area contributed by atoms with E-state index in [1.165, 1.54) is 30.0 Å². The molecule has 2 aliphatic rings. The number of carbonyl (C=O) groups is 2. The van der Waals surface area contributed by atoms with Crippen LogP contribution in [0, 0.1) is 5.95 Å². The molecule has 11 heteroatoms. The van der Waals surface area contributed by atoms with E-state index in [0.717, 1.165) is 67.9 Å². The lowest BCUT2D eigenvalue weighted by molar-refractivity contribution is 0.101. The van der Waals surface area contributed by atoms with E-state index in [1.807, 2.05) is 34.5 Å². The quantitative estimate of drug-likeness (QED) is 0.259. The number of nitrogens with zero attached hydrogens (tertiary/aromatic N) is 5. The van der Waals surface area contributed by atoms with Gasteiger partial charge in [0, 0.05) is 55.3 Å². The van der Waals surface area contributed by atoms with Crippen LogP contribution in [0.15, 0.2) is 66.3 Å². The molecule has 0 radical (unpaired) electrons. The number of halogens is 1. The average molecular weight is 574 g/mol. The fourth-order valence-corrected chi connectivity index (χ4v) is 6.32. The van der Waals surface area contributed by atoms with Crippen LogP contribution in [0.3, 0.4) is 0 Å². The van der Waals surface area contributed by atoms with E-state index in [9.17, 15) is 14.0 Å². The molecule has 5 heterocycles. The lowest BCUT2D eigenvalue weighted by Crippen LogP contribution is -2.38. The maximum absolute atomic E-state index is 13.5. The SMILES string of the molecule is O=C(Nc1nc(C2CCCN2c2ccc(NC(=O)N3CCCCC3)cc2)cs1)c1cccn1Cc1ccnc(F)c1. The van der Waals surface area contributed by atoms with Gasteiger partial charge in [0.25, 0.3) is 5.91 Å². The third kappa shape index (κ3) is 6.25. The Morgan fingerprint density at radius 2 is 1.83 bits per heavy atom. The number of nitrogens with one attached hydrogen (secondary N) is 2. The van der Waals surface area contributed by atoms with Crippen molar-refractivity contribution in [3.05, 3.63) is 89.2 Å². The first-order chi connectivity index (χ1) is 20.0. The number of thiazole rings is 1. The number of piperidine rings is 1. The highest BCUT2D eigenvalue weighted by atomic mass is 32.1. The summed E-state index contributed by atoms with van der Waals surface area (Å²) in [6.45, 7) is 2.90. The average Bonchev–Trinajstić information content (AvgIpc) is 3.75. The minimum absolute atomic E-state index is 0.0351. The predicted molar refractivity (Wildman–Crippen MR) is 158 cm³/mol. The van der Waals surface area contributed by atoms with Crippen LogP contribution in [0.4, 0.5) is 25.7 Å². The van der Waals surface area contributed by atoms with Gasteiger partial charge < -0.3 is 19.7 Å². The normalized spacial score (nSPS) is 17.0. The molecule has 3 aromatic heterocycles. The zero-order chi connectivity index (χ0) is 28.2. The molecule has 0 bridgehead atoms.